The molecule has 2 saturated heterocycles. The highest BCUT2D eigenvalue weighted by Crippen LogP contribution is 2.39. The normalized spacial score (nSPS) is 29.4. The Morgan fingerprint density at radius 1 is 1.00 bits per heavy atom. The van der Waals surface area contributed by atoms with Crippen LogP contribution in [0, 0.1) is 5.92 Å². The van der Waals surface area contributed by atoms with Crippen LogP contribution in [0.4, 0.5) is 0 Å². The molecule has 1 saturated carbocycles. The fourth-order valence-corrected chi connectivity index (χ4v) is 4.77. The van der Waals surface area contributed by atoms with Gasteiger partial charge in [-0.1, -0.05) is 12.8 Å². The van der Waals surface area contributed by atoms with E-state index in [9.17, 15) is 19.5 Å². The first-order valence-electron chi connectivity index (χ1n) is 10.1. The summed E-state index contributed by atoms with van der Waals surface area (Å²) in [6.45, 7) is 3.14. The first kappa shape index (κ1) is 20.1. The summed E-state index contributed by atoms with van der Waals surface area (Å²) in [7, 11) is 3.49. The number of carbonyl (C=O) groups excluding carboxylic acids is 2. The fraction of sp³-hybridized carbons (Fsp3) is 0.842. The van der Waals surface area contributed by atoms with Crippen LogP contribution < -0.4 is 0 Å². The van der Waals surface area contributed by atoms with Gasteiger partial charge in [0.15, 0.2) is 0 Å². The molecule has 0 aromatic carbocycles. The summed E-state index contributed by atoms with van der Waals surface area (Å²) >= 11 is 0. The van der Waals surface area contributed by atoms with Crippen LogP contribution in [0.25, 0.3) is 0 Å². The quantitative estimate of drug-likeness (QED) is 0.719. The summed E-state index contributed by atoms with van der Waals surface area (Å²) in [6, 6.07) is -0.288. The third-order valence-electron chi connectivity index (χ3n) is 6.41. The van der Waals surface area contributed by atoms with E-state index in [0.717, 1.165) is 19.3 Å². The Bertz CT molecular complexity index is 574. The largest absolute Gasteiger partial charge is 0.480 e. The number of carbonyl (C=O) groups is 3. The predicted molar refractivity (Wildman–Crippen MR) is 100 cm³/mol. The van der Waals surface area contributed by atoms with E-state index >= 15 is 0 Å². The molecule has 3 rings (SSSR count). The summed E-state index contributed by atoms with van der Waals surface area (Å²) in [4.78, 5) is 43.8. The van der Waals surface area contributed by atoms with Crippen molar-refractivity contribution in [3.05, 3.63) is 0 Å². The lowest BCUT2D eigenvalue weighted by molar-refractivity contribution is -0.144. The standard InChI is InChI=1S/C19H32N4O4/c1-20(2)17(24)12-21-7-9-22(10-8-21)18(25)13-23-15-6-4-3-5-14(15)11-16(23)19(26)27/h14-16H,3-13H2,1-2H3,(H,26,27). The molecule has 2 heterocycles. The summed E-state index contributed by atoms with van der Waals surface area (Å²) in [5.74, 6) is -0.295. The minimum absolute atomic E-state index is 0.0195. The molecule has 27 heavy (non-hydrogen) atoms. The molecule has 3 aliphatic rings. The van der Waals surface area contributed by atoms with Crippen molar-refractivity contribution in [2.75, 3.05) is 53.4 Å². The SMILES string of the molecule is CN(C)C(=O)CN1CCN(C(=O)CN2C(C(=O)O)CC3CCCCC32)CC1. The smallest absolute Gasteiger partial charge is 0.320 e. The molecule has 0 bridgehead atoms. The second-order valence-electron chi connectivity index (χ2n) is 8.32. The van der Waals surface area contributed by atoms with Crippen LogP contribution in [0.15, 0.2) is 0 Å². The van der Waals surface area contributed by atoms with E-state index in [1.807, 2.05) is 9.80 Å². The zero-order valence-electron chi connectivity index (χ0n) is 16.5. The monoisotopic (exact) mass is 380 g/mol. The number of hydrogen-bond donors (Lipinski definition) is 1. The maximum absolute atomic E-state index is 12.8. The number of fused-ring (bicyclic) bond motifs is 1. The fourth-order valence-electron chi connectivity index (χ4n) is 4.77. The summed E-state index contributed by atoms with van der Waals surface area (Å²) in [5, 5.41) is 9.61. The van der Waals surface area contributed by atoms with Crippen LogP contribution in [-0.4, -0.2) is 108 Å². The van der Waals surface area contributed by atoms with Gasteiger partial charge in [-0.3, -0.25) is 24.2 Å². The van der Waals surface area contributed by atoms with Crippen molar-refractivity contribution in [3.8, 4) is 0 Å². The van der Waals surface area contributed by atoms with Crippen molar-refractivity contribution < 1.29 is 19.5 Å². The first-order chi connectivity index (χ1) is 12.9. The molecule has 1 N–H and O–H groups in total. The van der Waals surface area contributed by atoms with Gasteiger partial charge in [0.25, 0.3) is 0 Å². The number of carboxylic acids is 1. The van der Waals surface area contributed by atoms with Crippen molar-refractivity contribution in [2.45, 2.75) is 44.2 Å². The van der Waals surface area contributed by atoms with Gasteiger partial charge >= 0.3 is 5.97 Å². The number of hydrogen-bond acceptors (Lipinski definition) is 5. The Hall–Kier alpha value is -1.67. The predicted octanol–water partition coefficient (Wildman–Crippen LogP) is -0.0635. The maximum atomic E-state index is 12.8. The lowest BCUT2D eigenvalue weighted by Gasteiger charge is -2.37. The van der Waals surface area contributed by atoms with Crippen LogP contribution in [0.5, 0.6) is 0 Å². The summed E-state index contributed by atoms with van der Waals surface area (Å²) in [6.07, 6.45) is 5.05. The van der Waals surface area contributed by atoms with Crippen molar-refractivity contribution in [2.24, 2.45) is 5.92 Å². The number of likely N-dealkylation sites (tertiary alicyclic amines) is 1. The Morgan fingerprint density at radius 2 is 1.67 bits per heavy atom. The van der Waals surface area contributed by atoms with Gasteiger partial charge in [0.2, 0.25) is 11.8 Å². The Balaban J connectivity index is 1.54. The van der Waals surface area contributed by atoms with Crippen LogP contribution in [0.2, 0.25) is 0 Å². The second-order valence-corrected chi connectivity index (χ2v) is 8.32. The number of amides is 2. The summed E-state index contributed by atoms with van der Waals surface area (Å²) in [5.41, 5.74) is 0. The molecule has 8 nitrogen and oxygen atoms in total. The van der Waals surface area contributed by atoms with Gasteiger partial charge in [0.1, 0.15) is 6.04 Å². The summed E-state index contributed by atoms with van der Waals surface area (Å²) < 4.78 is 0. The molecule has 3 fully saturated rings. The Kier molecular flexibility index (Phi) is 6.37. The highest BCUT2D eigenvalue weighted by atomic mass is 16.4. The highest BCUT2D eigenvalue weighted by molar-refractivity contribution is 5.81. The number of likely N-dealkylation sites (N-methyl/N-ethyl adjacent to an activating group) is 1. The second kappa shape index (κ2) is 8.56. The highest BCUT2D eigenvalue weighted by Gasteiger charge is 2.46. The molecule has 8 heteroatoms. The van der Waals surface area contributed by atoms with Gasteiger partial charge in [-0.05, 0) is 25.2 Å². The van der Waals surface area contributed by atoms with Gasteiger partial charge in [-0.15, -0.1) is 0 Å². The zero-order valence-corrected chi connectivity index (χ0v) is 16.5. The minimum atomic E-state index is -0.802. The van der Waals surface area contributed by atoms with Crippen LogP contribution >= 0.6 is 0 Å². The third kappa shape index (κ3) is 4.60. The van der Waals surface area contributed by atoms with E-state index in [0.29, 0.717) is 45.1 Å². The Morgan fingerprint density at radius 3 is 2.30 bits per heavy atom. The van der Waals surface area contributed by atoms with Crippen LogP contribution in [-0.2, 0) is 14.4 Å². The molecule has 2 aliphatic heterocycles. The van der Waals surface area contributed by atoms with E-state index in [1.54, 1.807) is 19.0 Å². The zero-order chi connectivity index (χ0) is 19.6. The molecule has 0 spiro atoms. The molecule has 0 aromatic rings. The van der Waals surface area contributed by atoms with E-state index in [1.165, 1.54) is 6.42 Å². The van der Waals surface area contributed by atoms with Crippen LogP contribution in [0.3, 0.4) is 0 Å². The van der Waals surface area contributed by atoms with Crippen molar-refractivity contribution in [1.29, 1.82) is 0 Å². The number of nitrogens with zero attached hydrogens (tertiary/aromatic N) is 4. The lowest BCUT2D eigenvalue weighted by Crippen LogP contribution is -2.54. The molecule has 152 valence electrons. The Labute approximate surface area is 161 Å². The van der Waals surface area contributed by atoms with E-state index < -0.39 is 12.0 Å². The molecule has 0 radical (unpaired) electrons. The average Bonchev–Trinajstić information content (AvgIpc) is 3.01. The van der Waals surface area contributed by atoms with Gasteiger partial charge in [-0.25, -0.2) is 0 Å². The first-order valence-corrected chi connectivity index (χ1v) is 10.1. The number of aliphatic carboxylic acids is 1. The van der Waals surface area contributed by atoms with Crippen molar-refractivity contribution in [1.82, 2.24) is 19.6 Å². The van der Waals surface area contributed by atoms with Gasteiger partial charge in [0, 0.05) is 46.3 Å². The number of carboxylic acid groups (broad SMARTS) is 1. The van der Waals surface area contributed by atoms with E-state index in [-0.39, 0.29) is 24.4 Å². The molecule has 3 atom stereocenters. The van der Waals surface area contributed by atoms with Crippen molar-refractivity contribution >= 4 is 17.8 Å². The van der Waals surface area contributed by atoms with Gasteiger partial charge in [0.05, 0.1) is 13.1 Å². The molecular weight excluding hydrogens is 348 g/mol. The minimum Gasteiger partial charge on any atom is -0.480 e. The molecule has 2 amide bonds. The maximum Gasteiger partial charge on any atom is 0.320 e. The average molecular weight is 380 g/mol. The topological polar surface area (TPSA) is 84.4 Å². The third-order valence-corrected chi connectivity index (χ3v) is 6.41. The number of piperazine rings is 1. The molecule has 0 aromatic heterocycles. The molecule has 3 unspecified atom stereocenters. The lowest BCUT2D eigenvalue weighted by atomic mass is 9.85. The van der Waals surface area contributed by atoms with Crippen LogP contribution in [0.1, 0.15) is 32.1 Å². The van der Waals surface area contributed by atoms with E-state index in [2.05, 4.69) is 4.90 Å². The van der Waals surface area contributed by atoms with Gasteiger partial charge < -0.3 is 14.9 Å². The molecular formula is C19H32N4O4. The number of rotatable bonds is 5. The van der Waals surface area contributed by atoms with Crippen molar-refractivity contribution in [3.63, 3.8) is 0 Å². The van der Waals surface area contributed by atoms with Gasteiger partial charge in [-0.2, -0.15) is 0 Å². The molecule has 1 aliphatic carbocycles. The van der Waals surface area contributed by atoms with E-state index in [4.69, 9.17) is 0 Å².